The molecule has 0 unspecified atom stereocenters. The van der Waals surface area contributed by atoms with Gasteiger partial charge < -0.3 is 0 Å². The first kappa shape index (κ1) is 12.3. The maximum Gasteiger partial charge on any atom is 0.332 e. The minimum atomic E-state index is -5.34. The molecule has 0 amide bonds. The molecular formula is C7H3ClF4O2S. The molecule has 1 aromatic carbocycles. The maximum atomic E-state index is 12.9. The van der Waals surface area contributed by atoms with Crippen LogP contribution in [0.2, 0.25) is 0 Å². The highest BCUT2D eigenvalue weighted by Gasteiger charge is 2.25. The van der Waals surface area contributed by atoms with Crippen LogP contribution in [0.15, 0.2) is 11.0 Å². The summed E-state index contributed by atoms with van der Waals surface area (Å²) in [7, 11) is -5.34. The first-order valence-electron chi connectivity index (χ1n) is 3.46. The van der Waals surface area contributed by atoms with Crippen LogP contribution in [-0.2, 0) is 16.1 Å². The summed E-state index contributed by atoms with van der Waals surface area (Å²) in [6.07, 6.45) is 0. The fourth-order valence-corrected chi connectivity index (χ4v) is 1.99. The Morgan fingerprint density at radius 2 is 1.73 bits per heavy atom. The van der Waals surface area contributed by atoms with Crippen LogP contribution in [-0.4, -0.2) is 8.42 Å². The molecule has 0 aliphatic heterocycles. The van der Waals surface area contributed by atoms with Gasteiger partial charge in [-0.25, -0.2) is 13.2 Å². The predicted octanol–water partition coefficient (Wildman–Crippen LogP) is 2.50. The van der Waals surface area contributed by atoms with E-state index in [1.165, 1.54) is 0 Å². The van der Waals surface area contributed by atoms with E-state index in [1.807, 2.05) is 0 Å². The zero-order chi connectivity index (χ0) is 11.8. The fraction of sp³-hybridized carbons (Fsp3) is 0.143. The van der Waals surface area contributed by atoms with Gasteiger partial charge in [-0.15, -0.1) is 15.5 Å². The third-order valence-corrected chi connectivity index (χ3v) is 2.78. The number of benzene rings is 1. The molecule has 2 nitrogen and oxygen atoms in total. The Balaban J connectivity index is 3.68. The van der Waals surface area contributed by atoms with E-state index in [2.05, 4.69) is 0 Å². The van der Waals surface area contributed by atoms with E-state index in [9.17, 15) is 25.5 Å². The molecule has 0 aliphatic carbocycles. The molecule has 0 N–H and O–H groups in total. The average Bonchev–Trinajstić information content (AvgIpc) is 2.12. The molecule has 0 aliphatic rings. The van der Waals surface area contributed by atoms with Crippen molar-refractivity contribution in [3.05, 3.63) is 29.1 Å². The smallest absolute Gasteiger partial charge is 0.204 e. The third kappa shape index (κ3) is 2.23. The van der Waals surface area contributed by atoms with Crippen molar-refractivity contribution >= 4 is 21.8 Å². The highest BCUT2D eigenvalue weighted by Crippen LogP contribution is 2.26. The minimum absolute atomic E-state index is 0.0471. The van der Waals surface area contributed by atoms with Crippen LogP contribution in [0.4, 0.5) is 17.1 Å². The first-order valence-corrected chi connectivity index (χ1v) is 5.37. The van der Waals surface area contributed by atoms with Crippen molar-refractivity contribution in [2.24, 2.45) is 0 Å². The SMILES string of the molecule is O=S(=O)(F)c1cc(F)c(F)c(F)c1CCl. The van der Waals surface area contributed by atoms with Gasteiger partial charge in [0.1, 0.15) is 4.90 Å². The van der Waals surface area contributed by atoms with Crippen molar-refractivity contribution in [3.8, 4) is 0 Å². The van der Waals surface area contributed by atoms with E-state index in [-0.39, 0.29) is 6.07 Å². The van der Waals surface area contributed by atoms with E-state index in [0.29, 0.717) is 0 Å². The predicted molar refractivity (Wildman–Crippen MR) is 44.2 cm³/mol. The molecule has 0 spiro atoms. The van der Waals surface area contributed by atoms with Crippen molar-refractivity contribution in [2.75, 3.05) is 0 Å². The van der Waals surface area contributed by atoms with Gasteiger partial charge in [0.25, 0.3) is 0 Å². The van der Waals surface area contributed by atoms with E-state index in [4.69, 9.17) is 11.6 Å². The van der Waals surface area contributed by atoms with E-state index >= 15 is 0 Å². The topological polar surface area (TPSA) is 34.1 Å². The largest absolute Gasteiger partial charge is 0.332 e. The van der Waals surface area contributed by atoms with Gasteiger partial charge in [0, 0.05) is 5.56 Å². The number of rotatable bonds is 2. The second-order valence-electron chi connectivity index (χ2n) is 2.53. The van der Waals surface area contributed by atoms with Gasteiger partial charge in [0.05, 0.1) is 5.88 Å². The normalized spacial score (nSPS) is 11.8. The molecule has 15 heavy (non-hydrogen) atoms. The lowest BCUT2D eigenvalue weighted by atomic mass is 10.2. The van der Waals surface area contributed by atoms with Crippen molar-refractivity contribution in [1.82, 2.24) is 0 Å². The summed E-state index contributed by atoms with van der Waals surface area (Å²) in [5.74, 6) is -6.28. The Bertz CT molecular complexity index is 500. The Morgan fingerprint density at radius 1 is 1.20 bits per heavy atom. The summed E-state index contributed by atoms with van der Waals surface area (Å²) in [5.41, 5.74) is -0.932. The molecule has 8 heteroatoms. The highest BCUT2D eigenvalue weighted by molar-refractivity contribution is 7.86. The molecule has 84 valence electrons. The summed E-state index contributed by atoms with van der Waals surface area (Å²) in [6, 6.07) is 0.0471. The van der Waals surface area contributed by atoms with Crippen LogP contribution in [0.3, 0.4) is 0 Å². The van der Waals surface area contributed by atoms with E-state index in [1.54, 1.807) is 0 Å². The quantitative estimate of drug-likeness (QED) is 0.355. The average molecular weight is 263 g/mol. The number of alkyl halides is 1. The Kier molecular flexibility index (Phi) is 3.25. The van der Waals surface area contributed by atoms with Gasteiger partial charge in [-0.2, -0.15) is 8.42 Å². The van der Waals surface area contributed by atoms with E-state index < -0.39 is 44.0 Å². The number of halogens is 5. The molecule has 0 heterocycles. The summed E-state index contributed by atoms with van der Waals surface area (Å²) in [5, 5.41) is 0. The summed E-state index contributed by atoms with van der Waals surface area (Å²) < 4.78 is 71.6. The van der Waals surface area contributed by atoms with Crippen LogP contribution in [0.1, 0.15) is 5.56 Å². The molecule has 0 saturated carbocycles. The minimum Gasteiger partial charge on any atom is -0.204 e. The van der Waals surface area contributed by atoms with Crippen LogP contribution >= 0.6 is 11.6 Å². The molecule has 1 rings (SSSR count). The Morgan fingerprint density at radius 3 is 2.13 bits per heavy atom. The molecule has 0 bridgehead atoms. The molecular weight excluding hydrogens is 260 g/mol. The summed E-state index contributed by atoms with van der Waals surface area (Å²) in [6.45, 7) is 0. The Hall–Kier alpha value is -0.820. The van der Waals surface area contributed by atoms with Crippen molar-refractivity contribution < 1.29 is 25.5 Å². The highest BCUT2D eigenvalue weighted by atomic mass is 35.5. The van der Waals surface area contributed by atoms with Crippen LogP contribution in [0.5, 0.6) is 0 Å². The number of hydrogen-bond acceptors (Lipinski definition) is 2. The van der Waals surface area contributed by atoms with Gasteiger partial charge in [-0.1, -0.05) is 0 Å². The van der Waals surface area contributed by atoms with Crippen molar-refractivity contribution in [1.29, 1.82) is 0 Å². The van der Waals surface area contributed by atoms with Crippen molar-refractivity contribution in [3.63, 3.8) is 0 Å². The third-order valence-electron chi connectivity index (χ3n) is 1.62. The second kappa shape index (κ2) is 3.97. The van der Waals surface area contributed by atoms with Gasteiger partial charge in [-0.3, -0.25) is 0 Å². The second-order valence-corrected chi connectivity index (χ2v) is 4.12. The van der Waals surface area contributed by atoms with Crippen molar-refractivity contribution in [2.45, 2.75) is 10.8 Å². The molecule has 0 fully saturated rings. The molecule has 0 saturated heterocycles. The van der Waals surface area contributed by atoms with Crippen LogP contribution < -0.4 is 0 Å². The molecule has 0 radical (unpaired) electrons. The number of hydrogen-bond donors (Lipinski definition) is 0. The lowest BCUT2D eigenvalue weighted by Gasteiger charge is -2.05. The lowest BCUT2D eigenvalue weighted by Crippen LogP contribution is -2.05. The van der Waals surface area contributed by atoms with Gasteiger partial charge in [0.2, 0.25) is 0 Å². The van der Waals surface area contributed by atoms with Gasteiger partial charge in [-0.05, 0) is 6.07 Å². The zero-order valence-electron chi connectivity index (χ0n) is 6.90. The first-order chi connectivity index (χ1) is 6.79. The summed E-state index contributed by atoms with van der Waals surface area (Å²) in [4.78, 5) is -1.30. The fourth-order valence-electron chi connectivity index (χ4n) is 0.953. The van der Waals surface area contributed by atoms with Gasteiger partial charge in [0.15, 0.2) is 17.5 Å². The van der Waals surface area contributed by atoms with Gasteiger partial charge >= 0.3 is 10.2 Å². The Labute approximate surface area is 87.7 Å². The zero-order valence-corrected chi connectivity index (χ0v) is 8.47. The van der Waals surface area contributed by atoms with Crippen LogP contribution in [0, 0.1) is 17.5 Å². The lowest BCUT2D eigenvalue weighted by molar-refractivity contribution is 0.436. The standard InChI is InChI=1S/C7H3ClF4O2S/c8-2-3-5(15(12,13)14)1-4(9)7(11)6(3)10/h1H,2H2. The summed E-state index contributed by atoms with van der Waals surface area (Å²) >= 11 is 5.11. The monoisotopic (exact) mass is 262 g/mol. The maximum absolute atomic E-state index is 12.9. The van der Waals surface area contributed by atoms with Crippen LogP contribution in [0.25, 0.3) is 0 Å². The van der Waals surface area contributed by atoms with E-state index in [0.717, 1.165) is 0 Å². The molecule has 0 atom stereocenters. The molecule has 1 aromatic rings. The molecule has 0 aromatic heterocycles.